The molecule has 0 radical (unpaired) electrons. The standard InChI is InChI=1S/C17H22N4O2/c22-17(13-23-15-6-2-1-3-7-15)19-16-8-10-21(20-16)12-14-5-4-9-18-11-14/h4-5,8-11,15H,1-3,6-7,12-13H2,(H,19,20,22). The van der Waals surface area contributed by atoms with Crippen LogP contribution in [0.1, 0.15) is 37.7 Å². The third-order valence-electron chi connectivity index (χ3n) is 3.98. The number of hydrogen-bond acceptors (Lipinski definition) is 4. The molecule has 6 heteroatoms. The lowest BCUT2D eigenvalue weighted by Gasteiger charge is -2.21. The van der Waals surface area contributed by atoms with Gasteiger partial charge in [0.15, 0.2) is 5.82 Å². The van der Waals surface area contributed by atoms with Crippen LogP contribution in [0.2, 0.25) is 0 Å². The van der Waals surface area contributed by atoms with E-state index in [0.29, 0.717) is 12.4 Å². The third-order valence-corrected chi connectivity index (χ3v) is 3.98. The summed E-state index contributed by atoms with van der Waals surface area (Å²) < 4.78 is 7.44. The molecule has 122 valence electrons. The van der Waals surface area contributed by atoms with Crippen LogP contribution in [0.25, 0.3) is 0 Å². The number of ether oxygens (including phenoxy) is 1. The second kappa shape index (κ2) is 7.87. The molecule has 23 heavy (non-hydrogen) atoms. The molecule has 1 N–H and O–H groups in total. The predicted molar refractivity (Wildman–Crippen MR) is 87.0 cm³/mol. The Morgan fingerprint density at radius 3 is 2.96 bits per heavy atom. The average Bonchev–Trinajstić information content (AvgIpc) is 3.02. The van der Waals surface area contributed by atoms with E-state index in [0.717, 1.165) is 18.4 Å². The van der Waals surface area contributed by atoms with Gasteiger partial charge in [-0.2, -0.15) is 5.10 Å². The summed E-state index contributed by atoms with van der Waals surface area (Å²) >= 11 is 0. The zero-order chi connectivity index (χ0) is 15.9. The molecule has 1 aliphatic carbocycles. The lowest BCUT2D eigenvalue weighted by Crippen LogP contribution is -2.25. The number of carbonyl (C=O) groups is 1. The Morgan fingerprint density at radius 2 is 2.17 bits per heavy atom. The fraction of sp³-hybridized carbons (Fsp3) is 0.471. The number of pyridine rings is 1. The number of rotatable bonds is 6. The lowest BCUT2D eigenvalue weighted by molar-refractivity contribution is -0.123. The van der Waals surface area contributed by atoms with Gasteiger partial charge >= 0.3 is 0 Å². The highest BCUT2D eigenvalue weighted by atomic mass is 16.5. The highest BCUT2D eigenvalue weighted by Gasteiger charge is 2.15. The minimum Gasteiger partial charge on any atom is -0.368 e. The molecule has 2 aromatic rings. The first-order chi connectivity index (χ1) is 11.3. The molecule has 2 heterocycles. The van der Waals surface area contributed by atoms with Crippen LogP contribution < -0.4 is 5.32 Å². The fourth-order valence-corrected chi connectivity index (χ4v) is 2.80. The van der Waals surface area contributed by atoms with Gasteiger partial charge in [-0.05, 0) is 24.5 Å². The quantitative estimate of drug-likeness (QED) is 0.890. The van der Waals surface area contributed by atoms with Crippen LogP contribution in [0.4, 0.5) is 5.82 Å². The number of carbonyl (C=O) groups excluding carboxylic acids is 1. The Labute approximate surface area is 135 Å². The van der Waals surface area contributed by atoms with Crippen molar-refractivity contribution in [1.82, 2.24) is 14.8 Å². The number of anilines is 1. The normalized spacial score (nSPS) is 15.5. The maximum absolute atomic E-state index is 11.9. The largest absolute Gasteiger partial charge is 0.368 e. The average molecular weight is 314 g/mol. The molecule has 6 nitrogen and oxygen atoms in total. The Balaban J connectivity index is 1.45. The SMILES string of the molecule is O=C(COC1CCCCC1)Nc1ccn(Cc2cccnc2)n1. The van der Waals surface area contributed by atoms with Crippen molar-refractivity contribution < 1.29 is 9.53 Å². The summed E-state index contributed by atoms with van der Waals surface area (Å²) in [6.45, 7) is 0.725. The van der Waals surface area contributed by atoms with Crippen molar-refractivity contribution in [2.75, 3.05) is 11.9 Å². The first-order valence-corrected chi connectivity index (χ1v) is 8.13. The van der Waals surface area contributed by atoms with E-state index in [-0.39, 0.29) is 18.6 Å². The van der Waals surface area contributed by atoms with Crippen molar-refractivity contribution in [3.8, 4) is 0 Å². The number of amides is 1. The predicted octanol–water partition coefficient (Wildman–Crippen LogP) is 2.61. The van der Waals surface area contributed by atoms with Crippen LogP contribution in [0.15, 0.2) is 36.8 Å². The molecule has 0 spiro atoms. The molecule has 0 aromatic carbocycles. The maximum Gasteiger partial charge on any atom is 0.251 e. The summed E-state index contributed by atoms with van der Waals surface area (Å²) in [5.74, 6) is 0.397. The van der Waals surface area contributed by atoms with Gasteiger partial charge in [-0.15, -0.1) is 0 Å². The van der Waals surface area contributed by atoms with E-state index < -0.39 is 0 Å². The maximum atomic E-state index is 11.9. The van der Waals surface area contributed by atoms with Crippen LogP contribution in [0.3, 0.4) is 0 Å². The van der Waals surface area contributed by atoms with Gasteiger partial charge in [0.1, 0.15) is 6.61 Å². The topological polar surface area (TPSA) is 69.0 Å². The first-order valence-electron chi connectivity index (χ1n) is 8.13. The molecule has 0 aliphatic heterocycles. The molecule has 2 aromatic heterocycles. The van der Waals surface area contributed by atoms with Crippen LogP contribution in [-0.2, 0) is 16.1 Å². The van der Waals surface area contributed by atoms with Crippen molar-refractivity contribution >= 4 is 11.7 Å². The van der Waals surface area contributed by atoms with Crippen LogP contribution in [-0.4, -0.2) is 33.4 Å². The molecule has 0 saturated heterocycles. The monoisotopic (exact) mass is 314 g/mol. The highest BCUT2D eigenvalue weighted by molar-refractivity contribution is 5.90. The van der Waals surface area contributed by atoms with E-state index >= 15 is 0 Å². The Morgan fingerprint density at radius 1 is 1.30 bits per heavy atom. The zero-order valence-corrected chi connectivity index (χ0v) is 13.1. The van der Waals surface area contributed by atoms with Crippen LogP contribution in [0.5, 0.6) is 0 Å². The molecular formula is C17H22N4O2. The molecule has 3 rings (SSSR count). The smallest absolute Gasteiger partial charge is 0.251 e. The van der Waals surface area contributed by atoms with Gasteiger partial charge in [0, 0.05) is 24.7 Å². The number of aromatic nitrogens is 3. The van der Waals surface area contributed by atoms with Gasteiger partial charge in [0.2, 0.25) is 0 Å². The van der Waals surface area contributed by atoms with Crippen molar-refractivity contribution in [3.63, 3.8) is 0 Å². The van der Waals surface area contributed by atoms with Crippen molar-refractivity contribution in [1.29, 1.82) is 0 Å². The van der Waals surface area contributed by atoms with Gasteiger partial charge in [0.05, 0.1) is 12.6 Å². The Bertz CT molecular complexity index is 621. The molecular weight excluding hydrogens is 292 g/mol. The molecule has 1 aliphatic rings. The summed E-state index contributed by atoms with van der Waals surface area (Å²) in [7, 11) is 0. The van der Waals surface area contributed by atoms with E-state index in [9.17, 15) is 4.79 Å². The Kier molecular flexibility index (Phi) is 5.37. The second-order valence-corrected chi connectivity index (χ2v) is 5.88. The van der Waals surface area contributed by atoms with Gasteiger partial charge in [-0.3, -0.25) is 14.5 Å². The first kappa shape index (κ1) is 15.7. The number of nitrogens with zero attached hydrogens (tertiary/aromatic N) is 3. The van der Waals surface area contributed by atoms with E-state index in [1.807, 2.05) is 18.3 Å². The highest BCUT2D eigenvalue weighted by Crippen LogP contribution is 2.20. The third kappa shape index (κ3) is 4.89. The zero-order valence-electron chi connectivity index (χ0n) is 13.1. The van der Waals surface area contributed by atoms with E-state index in [2.05, 4.69) is 15.4 Å². The van der Waals surface area contributed by atoms with Crippen molar-refractivity contribution in [2.24, 2.45) is 0 Å². The van der Waals surface area contributed by atoms with E-state index in [1.54, 1.807) is 23.1 Å². The molecule has 1 saturated carbocycles. The summed E-state index contributed by atoms with van der Waals surface area (Å²) in [5.41, 5.74) is 1.06. The van der Waals surface area contributed by atoms with Crippen LogP contribution >= 0.6 is 0 Å². The van der Waals surface area contributed by atoms with Gasteiger partial charge in [-0.1, -0.05) is 25.3 Å². The van der Waals surface area contributed by atoms with Crippen molar-refractivity contribution in [3.05, 3.63) is 42.4 Å². The lowest BCUT2D eigenvalue weighted by atomic mass is 9.98. The summed E-state index contributed by atoms with van der Waals surface area (Å²) in [6, 6.07) is 5.67. The van der Waals surface area contributed by atoms with Gasteiger partial charge in [-0.25, -0.2) is 0 Å². The summed E-state index contributed by atoms with van der Waals surface area (Å²) in [6.07, 6.45) is 11.4. The Hall–Kier alpha value is -2.21. The van der Waals surface area contributed by atoms with E-state index in [4.69, 9.17) is 4.74 Å². The van der Waals surface area contributed by atoms with E-state index in [1.165, 1.54) is 19.3 Å². The molecule has 1 amide bonds. The molecule has 0 unspecified atom stereocenters. The molecule has 1 fully saturated rings. The number of nitrogens with one attached hydrogen (secondary N) is 1. The molecule has 0 atom stereocenters. The minimum atomic E-state index is -0.151. The fourth-order valence-electron chi connectivity index (χ4n) is 2.80. The van der Waals surface area contributed by atoms with Gasteiger partial charge < -0.3 is 10.1 Å². The van der Waals surface area contributed by atoms with Crippen molar-refractivity contribution in [2.45, 2.75) is 44.8 Å². The van der Waals surface area contributed by atoms with Crippen LogP contribution in [0, 0.1) is 0 Å². The second-order valence-electron chi connectivity index (χ2n) is 5.88. The number of hydrogen-bond donors (Lipinski definition) is 1. The summed E-state index contributed by atoms with van der Waals surface area (Å²) in [4.78, 5) is 16.0. The minimum absolute atomic E-state index is 0.0974. The summed E-state index contributed by atoms with van der Waals surface area (Å²) in [5, 5.41) is 7.12. The molecule has 0 bridgehead atoms. The van der Waals surface area contributed by atoms with Gasteiger partial charge in [0.25, 0.3) is 5.91 Å².